The Bertz CT molecular complexity index is 325. The number of hydrogen-bond donors (Lipinski definition) is 2. The maximum atomic E-state index is 12.2. The molecule has 0 aromatic heterocycles. The van der Waals surface area contributed by atoms with E-state index in [0.717, 1.165) is 31.5 Å². The lowest BCUT2D eigenvalue weighted by Crippen LogP contribution is -2.45. The summed E-state index contributed by atoms with van der Waals surface area (Å²) in [4.78, 5) is 14.5. The van der Waals surface area contributed by atoms with Gasteiger partial charge in [-0.3, -0.25) is 4.79 Å². The molecule has 3 fully saturated rings. The van der Waals surface area contributed by atoms with E-state index >= 15 is 0 Å². The molecule has 0 aromatic rings. The first-order valence-corrected chi connectivity index (χ1v) is 7.98. The molecule has 0 radical (unpaired) electrons. The average molecular weight is 338 g/mol. The summed E-state index contributed by atoms with van der Waals surface area (Å²) in [6, 6.07) is 1.46. The Labute approximate surface area is 140 Å². The van der Waals surface area contributed by atoms with E-state index in [4.69, 9.17) is 0 Å². The van der Waals surface area contributed by atoms with Crippen LogP contribution < -0.4 is 10.6 Å². The number of carbonyl (C=O) groups excluding carboxylic acids is 1. The van der Waals surface area contributed by atoms with E-state index < -0.39 is 0 Å². The van der Waals surface area contributed by atoms with Gasteiger partial charge in [0.15, 0.2) is 0 Å². The molecular formula is C15H29Cl2N3O. The predicted molar refractivity (Wildman–Crippen MR) is 90.4 cm³/mol. The smallest absolute Gasteiger partial charge is 0.237 e. The number of fused-ring (bicyclic) bond motifs is 1. The van der Waals surface area contributed by atoms with E-state index in [9.17, 15) is 4.79 Å². The van der Waals surface area contributed by atoms with Crippen molar-refractivity contribution < 1.29 is 4.79 Å². The molecule has 21 heavy (non-hydrogen) atoms. The zero-order chi connectivity index (χ0) is 13.2. The topological polar surface area (TPSA) is 44.4 Å². The molecule has 1 amide bonds. The van der Waals surface area contributed by atoms with Crippen molar-refractivity contribution in [2.75, 3.05) is 20.1 Å². The summed E-state index contributed by atoms with van der Waals surface area (Å²) in [5.74, 6) is 0.970. The average Bonchev–Trinajstić information content (AvgIpc) is 3.17. The molecule has 4 nitrogen and oxygen atoms in total. The zero-order valence-corrected chi connectivity index (χ0v) is 14.5. The number of hydrogen-bond acceptors (Lipinski definition) is 3. The molecule has 6 heteroatoms. The Balaban J connectivity index is 0.00000110. The van der Waals surface area contributed by atoms with Crippen molar-refractivity contribution in [3.05, 3.63) is 0 Å². The van der Waals surface area contributed by atoms with Gasteiger partial charge in [-0.15, -0.1) is 24.8 Å². The van der Waals surface area contributed by atoms with Crippen molar-refractivity contribution >= 4 is 30.7 Å². The van der Waals surface area contributed by atoms with E-state index in [1.807, 2.05) is 0 Å². The van der Waals surface area contributed by atoms with Crippen LogP contribution >= 0.6 is 24.8 Å². The molecule has 2 saturated carbocycles. The van der Waals surface area contributed by atoms with Gasteiger partial charge in [0, 0.05) is 25.2 Å². The number of halogens is 2. The van der Waals surface area contributed by atoms with Crippen molar-refractivity contribution in [1.82, 2.24) is 15.5 Å². The monoisotopic (exact) mass is 337 g/mol. The second-order valence-electron chi connectivity index (χ2n) is 6.61. The fourth-order valence-corrected chi connectivity index (χ4v) is 3.70. The number of nitrogens with zero attached hydrogens (tertiary/aromatic N) is 1. The van der Waals surface area contributed by atoms with Gasteiger partial charge in [-0.2, -0.15) is 0 Å². The van der Waals surface area contributed by atoms with E-state index in [0.29, 0.717) is 6.04 Å². The molecule has 3 unspecified atom stereocenters. The van der Waals surface area contributed by atoms with Gasteiger partial charge in [-0.1, -0.05) is 12.8 Å². The number of likely N-dealkylation sites (N-methyl/N-ethyl adjacent to an activating group) is 1. The largest absolute Gasteiger partial charge is 0.353 e. The second kappa shape index (κ2) is 8.56. The highest BCUT2D eigenvalue weighted by Gasteiger charge is 2.38. The second-order valence-corrected chi connectivity index (χ2v) is 6.61. The fraction of sp³-hybridized carbons (Fsp3) is 0.933. The molecule has 1 saturated heterocycles. The molecule has 1 aliphatic heterocycles. The molecule has 2 aliphatic carbocycles. The van der Waals surface area contributed by atoms with Crippen LogP contribution in [0.2, 0.25) is 0 Å². The summed E-state index contributed by atoms with van der Waals surface area (Å²) in [5.41, 5.74) is 0. The Morgan fingerprint density at radius 1 is 1.19 bits per heavy atom. The molecule has 0 bridgehead atoms. The lowest BCUT2D eigenvalue weighted by atomic mass is 9.85. The summed E-state index contributed by atoms with van der Waals surface area (Å²) < 4.78 is 0. The Kier molecular flexibility index (Phi) is 7.75. The summed E-state index contributed by atoms with van der Waals surface area (Å²) in [5, 5.41) is 6.64. The van der Waals surface area contributed by atoms with E-state index in [2.05, 4.69) is 22.6 Å². The highest BCUT2D eigenvalue weighted by atomic mass is 35.5. The lowest BCUT2D eigenvalue weighted by Gasteiger charge is -2.24. The van der Waals surface area contributed by atoms with E-state index in [1.54, 1.807) is 0 Å². The Morgan fingerprint density at radius 2 is 1.90 bits per heavy atom. The molecule has 3 atom stereocenters. The fourth-order valence-electron chi connectivity index (χ4n) is 3.70. The van der Waals surface area contributed by atoms with Gasteiger partial charge in [-0.25, -0.2) is 0 Å². The highest BCUT2D eigenvalue weighted by Crippen LogP contribution is 2.33. The van der Waals surface area contributed by atoms with E-state index in [-0.39, 0.29) is 36.8 Å². The first kappa shape index (κ1) is 19.0. The minimum atomic E-state index is 0. The Morgan fingerprint density at radius 3 is 2.57 bits per heavy atom. The molecule has 0 spiro atoms. The van der Waals surface area contributed by atoms with E-state index in [1.165, 1.54) is 38.5 Å². The third-order valence-electron chi connectivity index (χ3n) is 5.11. The SMILES string of the molecule is CN(CCNC(=O)C1CC2CCCCC2N1)C1CC1.Cl.Cl. The zero-order valence-electron chi connectivity index (χ0n) is 12.8. The van der Waals surface area contributed by atoms with Crippen LogP contribution in [0, 0.1) is 5.92 Å². The van der Waals surface area contributed by atoms with Crippen LogP contribution in [0.5, 0.6) is 0 Å². The lowest BCUT2D eigenvalue weighted by molar-refractivity contribution is -0.122. The third-order valence-corrected chi connectivity index (χ3v) is 5.11. The Hall–Kier alpha value is -0.0300. The molecule has 3 rings (SSSR count). The third kappa shape index (κ3) is 4.98. The molecule has 2 N–H and O–H groups in total. The maximum absolute atomic E-state index is 12.2. The molecule has 124 valence electrons. The van der Waals surface area contributed by atoms with Crippen molar-refractivity contribution in [2.24, 2.45) is 5.92 Å². The molecule has 1 heterocycles. The van der Waals surface area contributed by atoms with Crippen LogP contribution in [-0.4, -0.2) is 49.1 Å². The number of rotatable bonds is 5. The number of nitrogens with one attached hydrogen (secondary N) is 2. The van der Waals surface area contributed by atoms with Gasteiger partial charge in [0.1, 0.15) is 0 Å². The maximum Gasteiger partial charge on any atom is 0.237 e. The number of amides is 1. The van der Waals surface area contributed by atoms with Crippen LogP contribution in [0.15, 0.2) is 0 Å². The molecule has 3 aliphatic rings. The summed E-state index contributed by atoms with van der Waals surface area (Å²) in [6.45, 7) is 1.77. The van der Waals surface area contributed by atoms with Crippen molar-refractivity contribution in [3.8, 4) is 0 Å². The van der Waals surface area contributed by atoms with Crippen LogP contribution in [0.25, 0.3) is 0 Å². The van der Waals surface area contributed by atoms with Gasteiger partial charge in [0.25, 0.3) is 0 Å². The van der Waals surface area contributed by atoms with Gasteiger partial charge < -0.3 is 15.5 Å². The van der Waals surface area contributed by atoms with Crippen molar-refractivity contribution in [1.29, 1.82) is 0 Å². The normalized spacial score (nSPS) is 31.0. The summed E-state index contributed by atoms with van der Waals surface area (Å²) in [7, 11) is 2.16. The van der Waals surface area contributed by atoms with Crippen LogP contribution in [0.4, 0.5) is 0 Å². The van der Waals surface area contributed by atoms with Gasteiger partial charge >= 0.3 is 0 Å². The van der Waals surface area contributed by atoms with Crippen molar-refractivity contribution in [3.63, 3.8) is 0 Å². The standard InChI is InChI=1S/C15H27N3O.2ClH/c1-18(12-6-7-12)9-8-16-15(19)14-10-11-4-2-3-5-13(11)17-14;;/h11-14,17H,2-10H2,1H3,(H,16,19);2*1H. The van der Waals surface area contributed by atoms with Gasteiger partial charge in [-0.05, 0) is 45.1 Å². The van der Waals surface area contributed by atoms with Gasteiger partial charge in [0.2, 0.25) is 5.91 Å². The van der Waals surface area contributed by atoms with Gasteiger partial charge in [0.05, 0.1) is 6.04 Å². The molecule has 0 aromatic carbocycles. The minimum absolute atomic E-state index is 0. The van der Waals surface area contributed by atoms with Crippen molar-refractivity contribution in [2.45, 2.75) is 63.1 Å². The highest BCUT2D eigenvalue weighted by molar-refractivity contribution is 5.85. The van der Waals surface area contributed by atoms with Crippen LogP contribution in [-0.2, 0) is 4.79 Å². The van der Waals surface area contributed by atoms with Crippen LogP contribution in [0.1, 0.15) is 44.9 Å². The number of carbonyl (C=O) groups is 1. The first-order valence-electron chi connectivity index (χ1n) is 7.98. The quantitative estimate of drug-likeness (QED) is 0.806. The first-order chi connectivity index (χ1) is 9.24. The predicted octanol–water partition coefficient (Wildman–Crippen LogP) is 1.96. The van der Waals surface area contributed by atoms with Crippen LogP contribution in [0.3, 0.4) is 0 Å². The molecular weight excluding hydrogens is 309 g/mol. The minimum Gasteiger partial charge on any atom is -0.353 e. The summed E-state index contributed by atoms with van der Waals surface area (Å²) in [6.07, 6.45) is 8.97. The summed E-state index contributed by atoms with van der Waals surface area (Å²) >= 11 is 0.